The van der Waals surface area contributed by atoms with Crippen LogP contribution in [0.5, 0.6) is 0 Å². The monoisotopic (exact) mass is 221 g/mol. The SMILES string of the molecule is CNCc1ccc2ccc3ccccc3c2c1. The van der Waals surface area contributed by atoms with E-state index in [0.29, 0.717) is 0 Å². The fraction of sp³-hybridized carbons (Fsp3) is 0.125. The lowest BCUT2D eigenvalue weighted by Crippen LogP contribution is -2.04. The van der Waals surface area contributed by atoms with Crippen LogP contribution in [0.1, 0.15) is 5.56 Å². The molecule has 0 amide bonds. The van der Waals surface area contributed by atoms with Crippen molar-refractivity contribution in [3.63, 3.8) is 0 Å². The van der Waals surface area contributed by atoms with E-state index >= 15 is 0 Å². The van der Waals surface area contributed by atoms with Crippen LogP contribution >= 0.6 is 0 Å². The first-order chi connectivity index (χ1) is 8.38. The third kappa shape index (κ3) is 1.79. The minimum Gasteiger partial charge on any atom is -0.316 e. The normalized spacial score (nSPS) is 11.1. The number of hydrogen-bond donors (Lipinski definition) is 1. The molecule has 3 aromatic rings. The maximum Gasteiger partial charge on any atom is 0.0202 e. The molecule has 3 rings (SSSR count). The summed E-state index contributed by atoms with van der Waals surface area (Å²) in [7, 11) is 1.98. The van der Waals surface area contributed by atoms with E-state index in [0.717, 1.165) is 6.54 Å². The van der Waals surface area contributed by atoms with E-state index in [4.69, 9.17) is 0 Å². The Bertz CT molecular complexity index is 670. The van der Waals surface area contributed by atoms with Gasteiger partial charge in [-0.2, -0.15) is 0 Å². The highest BCUT2D eigenvalue weighted by molar-refractivity contribution is 6.07. The molecule has 0 heterocycles. The summed E-state index contributed by atoms with van der Waals surface area (Å²) in [6, 6.07) is 19.6. The quantitative estimate of drug-likeness (QED) is 0.650. The third-order valence-corrected chi connectivity index (χ3v) is 3.19. The lowest BCUT2D eigenvalue weighted by Gasteiger charge is -2.06. The summed E-state index contributed by atoms with van der Waals surface area (Å²) in [5.41, 5.74) is 1.33. The van der Waals surface area contributed by atoms with Crippen molar-refractivity contribution in [1.82, 2.24) is 5.32 Å². The van der Waals surface area contributed by atoms with Crippen molar-refractivity contribution in [2.24, 2.45) is 0 Å². The first-order valence-electron chi connectivity index (χ1n) is 5.93. The molecule has 0 saturated heterocycles. The van der Waals surface area contributed by atoms with Gasteiger partial charge >= 0.3 is 0 Å². The Morgan fingerprint density at radius 2 is 1.53 bits per heavy atom. The van der Waals surface area contributed by atoms with E-state index in [1.54, 1.807) is 0 Å². The van der Waals surface area contributed by atoms with Crippen molar-refractivity contribution in [1.29, 1.82) is 0 Å². The molecule has 0 fully saturated rings. The average molecular weight is 221 g/mol. The predicted molar refractivity (Wildman–Crippen MR) is 74.2 cm³/mol. The average Bonchev–Trinajstić information content (AvgIpc) is 2.39. The molecule has 0 saturated carbocycles. The van der Waals surface area contributed by atoms with Crippen molar-refractivity contribution in [2.75, 3.05) is 7.05 Å². The van der Waals surface area contributed by atoms with Crippen LogP contribution in [0.25, 0.3) is 21.5 Å². The summed E-state index contributed by atoms with van der Waals surface area (Å²) in [5, 5.41) is 8.49. The molecule has 1 nitrogen and oxygen atoms in total. The molecule has 0 bridgehead atoms. The van der Waals surface area contributed by atoms with E-state index in [1.807, 2.05) is 7.05 Å². The Morgan fingerprint density at radius 1 is 0.824 bits per heavy atom. The van der Waals surface area contributed by atoms with Crippen LogP contribution in [0.4, 0.5) is 0 Å². The van der Waals surface area contributed by atoms with Crippen LogP contribution in [0, 0.1) is 0 Å². The summed E-state index contributed by atoms with van der Waals surface area (Å²) < 4.78 is 0. The van der Waals surface area contributed by atoms with Crippen LogP contribution in [0.2, 0.25) is 0 Å². The summed E-state index contributed by atoms with van der Waals surface area (Å²) in [6.07, 6.45) is 0. The lowest BCUT2D eigenvalue weighted by atomic mass is 10.00. The Hall–Kier alpha value is -1.86. The van der Waals surface area contributed by atoms with Gasteiger partial charge in [0.25, 0.3) is 0 Å². The van der Waals surface area contributed by atoms with E-state index in [1.165, 1.54) is 27.1 Å². The van der Waals surface area contributed by atoms with Gasteiger partial charge in [0, 0.05) is 6.54 Å². The van der Waals surface area contributed by atoms with Crippen molar-refractivity contribution in [3.8, 4) is 0 Å². The summed E-state index contributed by atoms with van der Waals surface area (Å²) in [5.74, 6) is 0. The smallest absolute Gasteiger partial charge is 0.0202 e. The molecule has 1 heteroatoms. The van der Waals surface area contributed by atoms with Crippen molar-refractivity contribution in [3.05, 3.63) is 60.2 Å². The van der Waals surface area contributed by atoms with Gasteiger partial charge in [-0.1, -0.05) is 48.5 Å². The zero-order valence-corrected chi connectivity index (χ0v) is 9.90. The Balaban J connectivity index is 2.34. The molecule has 0 radical (unpaired) electrons. The predicted octanol–water partition coefficient (Wildman–Crippen LogP) is 3.71. The van der Waals surface area contributed by atoms with Crippen LogP contribution in [0.3, 0.4) is 0 Å². The second-order valence-electron chi connectivity index (χ2n) is 4.37. The van der Waals surface area contributed by atoms with Gasteiger partial charge in [0.2, 0.25) is 0 Å². The third-order valence-electron chi connectivity index (χ3n) is 3.19. The summed E-state index contributed by atoms with van der Waals surface area (Å²) in [4.78, 5) is 0. The highest BCUT2D eigenvalue weighted by Crippen LogP contribution is 2.26. The van der Waals surface area contributed by atoms with Gasteiger partial charge in [0.1, 0.15) is 0 Å². The summed E-state index contributed by atoms with van der Waals surface area (Å²) in [6.45, 7) is 0.916. The van der Waals surface area contributed by atoms with Gasteiger partial charge in [-0.15, -0.1) is 0 Å². The van der Waals surface area contributed by atoms with Crippen molar-refractivity contribution >= 4 is 21.5 Å². The van der Waals surface area contributed by atoms with Crippen LogP contribution in [0.15, 0.2) is 54.6 Å². The number of rotatable bonds is 2. The molecule has 0 unspecified atom stereocenters. The number of fused-ring (bicyclic) bond motifs is 3. The minimum atomic E-state index is 0.916. The number of benzene rings is 3. The van der Waals surface area contributed by atoms with Gasteiger partial charge in [0.15, 0.2) is 0 Å². The van der Waals surface area contributed by atoms with Gasteiger partial charge in [-0.3, -0.25) is 0 Å². The Morgan fingerprint density at radius 3 is 2.35 bits per heavy atom. The number of hydrogen-bond acceptors (Lipinski definition) is 1. The first kappa shape index (κ1) is 10.3. The van der Waals surface area contributed by atoms with E-state index in [9.17, 15) is 0 Å². The highest BCUT2D eigenvalue weighted by atomic mass is 14.8. The number of nitrogens with one attached hydrogen (secondary N) is 1. The molecule has 0 aliphatic carbocycles. The van der Waals surface area contributed by atoms with Gasteiger partial charge in [-0.05, 0) is 40.2 Å². The van der Waals surface area contributed by atoms with Crippen LogP contribution < -0.4 is 5.32 Å². The maximum atomic E-state index is 3.20. The fourth-order valence-corrected chi connectivity index (χ4v) is 2.36. The molecular formula is C16H15N. The zero-order valence-electron chi connectivity index (χ0n) is 9.90. The molecule has 0 aliphatic heterocycles. The topological polar surface area (TPSA) is 12.0 Å². The van der Waals surface area contributed by atoms with Crippen molar-refractivity contribution < 1.29 is 0 Å². The largest absolute Gasteiger partial charge is 0.316 e. The second kappa shape index (κ2) is 4.19. The molecule has 3 aromatic carbocycles. The molecule has 1 N–H and O–H groups in total. The van der Waals surface area contributed by atoms with Gasteiger partial charge < -0.3 is 5.32 Å². The second-order valence-corrected chi connectivity index (χ2v) is 4.37. The molecular weight excluding hydrogens is 206 g/mol. The zero-order chi connectivity index (χ0) is 11.7. The Kier molecular flexibility index (Phi) is 2.54. The highest BCUT2D eigenvalue weighted by Gasteiger charge is 2.00. The molecule has 0 spiro atoms. The molecule has 84 valence electrons. The Labute approximate surface area is 101 Å². The fourth-order valence-electron chi connectivity index (χ4n) is 2.36. The van der Waals surface area contributed by atoms with Gasteiger partial charge in [-0.25, -0.2) is 0 Å². The van der Waals surface area contributed by atoms with Crippen molar-refractivity contribution in [2.45, 2.75) is 6.54 Å². The molecule has 17 heavy (non-hydrogen) atoms. The molecule has 0 aromatic heterocycles. The standard InChI is InChI=1S/C16H15N/c1-17-11-12-6-7-14-9-8-13-4-2-3-5-15(13)16(14)10-12/h2-10,17H,11H2,1H3. The van der Waals surface area contributed by atoms with Crippen LogP contribution in [-0.2, 0) is 6.54 Å². The van der Waals surface area contributed by atoms with E-state index in [2.05, 4.69) is 59.9 Å². The van der Waals surface area contributed by atoms with Crippen LogP contribution in [-0.4, -0.2) is 7.05 Å². The van der Waals surface area contributed by atoms with Gasteiger partial charge in [0.05, 0.1) is 0 Å². The van der Waals surface area contributed by atoms with E-state index in [-0.39, 0.29) is 0 Å². The molecule has 0 atom stereocenters. The van der Waals surface area contributed by atoms with E-state index < -0.39 is 0 Å². The first-order valence-corrected chi connectivity index (χ1v) is 5.93. The minimum absolute atomic E-state index is 0.916. The summed E-state index contributed by atoms with van der Waals surface area (Å²) >= 11 is 0. The maximum absolute atomic E-state index is 3.20. The molecule has 0 aliphatic rings. The lowest BCUT2D eigenvalue weighted by molar-refractivity contribution is 0.819.